The van der Waals surface area contributed by atoms with Crippen LogP contribution in [0.1, 0.15) is 39.2 Å². The largest absolute Gasteiger partial charge is 0.497 e. The second kappa shape index (κ2) is 8.78. The molecule has 1 aliphatic heterocycles. The van der Waals surface area contributed by atoms with Crippen molar-refractivity contribution in [1.82, 2.24) is 15.5 Å². The van der Waals surface area contributed by atoms with Crippen molar-refractivity contribution in [2.24, 2.45) is 0 Å². The molecular weight excluding hydrogens is 334 g/mol. The van der Waals surface area contributed by atoms with Crippen LogP contribution in [0.2, 0.25) is 0 Å². The fourth-order valence-electron chi connectivity index (χ4n) is 2.70. The smallest absolute Gasteiger partial charge is 0.410 e. The van der Waals surface area contributed by atoms with Crippen molar-refractivity contribution in [3.8, 4) is 5.75 Å². The number of ether oxygens (including phenoxy) is 2. The van der Waals surface area contributed by atoms with Gasteiger partial charge in [0.1, 0.15) is 11.4 Å². The van der Waals surface area contributed by atoms with E-state index in [0.29, 0.717) is 19.6 Å². The van der Waals surface area contributed by atoms with Gasteiger partial charge in [-0.05, 0) is 51.3 Å². The highest BCUT2D eigenvalue weighted by Gasteiger charge is 2.27. The van der Waals surface area contributed by atoms with E-state index in [1.165, 1.54) is 0 Å². The number of hydrogen-bond donors (Lipinski definition) is 2. The van der Waals surface area contributed by atoms with Gasteiger partial charge < -0.3 is 25.0 Å². The van der Waals surface area contributed by atoms with Crippen LogP contribution in [0.25, 0.3) is 0 Å². The Hall–Kier alpha value is -2.44. The summed E-state index contributed by atoms with van der Waals surface area (Å²) in [7, 11) is 1.62. The van der Waals surface area contributed by atoms with Gasteiger partial charge in [0, 0.05) is 25.7 Å². The number of urea groups is 1. The van der Waals surface area contributed by atoms with Gasteiger partial charge >= 0.3 is 12.1 Å². The van der Waals surface area contributed by atoms with Crippen molar-refractivity contribution < 1.29 is 19.1 Å². The van der Waals surface area contributed by atoms with E-state index in [1.807, 2.05) is 45.0 Å². The molecule has 0 bridgehead atoms. The first-order valence-electron chi connectivity index (χ1n) is 8.92. The summed E-state index contributed by atoms with van der Waals surface area (Å²) in [4.78, 5) is 25.8. The number of carbonyl (C=O) groups is 2. The van der Waals surface area contributed by atoms with Crippen molar-refractivity contribution in [2.45, 2.75) is 51.8 Å². The number of hydrogen-bond acceptors (Lipinski definition) is 4. The Kier molecular flexibility index (Phi) is 6.71. The average Bonchev–Trinajstić information content (AvgIpc) is 2.59. The molecule has 2 N–H and O–H groups in total. The van der Waals surface area contributed by atoms with E-state index in [0.717, 1.165) is 24.2 Å². The lowest BCUT2D eigenvalue weighted by Crippen LogP contribution is -2.49. The molecule has 0 aliphatic carbocycles. The van der Waals surface area contributed by atoms with E-state index in [4.69, 9.17) is 9.47 Å². The molecule has 0 aromatic heterocycles. The van der Waals surface area contributed by atoms with Gasteiger partial charge in [-0.1, -0.05) is 12.1 Å². The standard InChI is InChI=1S/C19H29N3O4/c1-19(2,3)26-18(24)22-11-9-15(10-12-22)21-17(23)20-13-14-5-7-16(25-4)8-6-14/h5-8,15H,9-13H2,1-4H3,(H2,20,21,23). The summed E-state index contributed by atoms with van der Waals surface area (Å²) in [6.07, 6.45) is 1.14. The molecule has 2 rings (SSSR count). The number of likely N-dealkylation sites (tertiary alicyclic amines) is 1. The SMILES string of the molecule is COc1ccc(CNC(=O)NC2CCN(C(=O)OC(C)(C)C)CC2)cc1. The zero-order valence-corrected chi connectivity index (χ0v) is 16.0. The minimum atomic E-state index is -0.493. The average molecular weight is 363 g/mol. The molecular formula is C19H29N3O4. The number of benzene rings is 1. The van der Waals surface area contributed by atoms with Crippen LogP contribution in [0.15, 0.2) is 24.3 Å². The quantitative estimate of drug-likeness (QED) is 0.862. The minimum Gasteiger partial charge on any atom is -0.497 e. The lowest BCUT2D eigenvalue weighted by atomic mass is 10.1. The predicted molar refractivity (Wildman–Crippen MR) is 99.2 cm³/mol. The van der Waals surface area contributed by atoms with E-state index >= 15 is 0 Å². The normalized spacial score (nSPS) is 15.3. The highest BCUT2D eigenvalue weighted by atomic mass is 16.6. The topological polar surface area (TPSA) is 79.9 Å². The summed E-state index contributed by atoms with van der Waals surface area (Å²) in [5.41, 5.74) is 0.508. The molecule has 0 saturated carbocycles. The molecule has 1 heterocycles. The Bertz CT molecular complexity index is 602. The molecule has 1 saturated heterocycles. The van der Waals surface area contributed by atoms with E-state index in [1.54, 1.807) is 12.0 Å². The molecule has 7 nitrogen and oxygen atoms in total. The second-order valence-corrected chi connectivity index (χ2v) is 7.42. The zero-order valence-electron chi connectivity index (χ0n) is 16.0. The first kappa shape index (κ1) is 19.9. The fourth-order valence-corrected chi connectivity index (χ4v) is 2.70. The maximum absolute atomic E-state index is 12.1. The summed E-state index contributed by atoms with van der Waals surface area (Å²) in [5.74, 6) is 0.787. The van der Waals surface area contributed by atoms with E-state index in [9.17, 15) is 9.59 Å². The Labute approximate surface area is 155 Å². The Morgan fingerprint density at radius 1 is 1.15 bits per heavy atom. The van der Waals surface area contributed by atoms with Gasteiger partial charge in [-0.2, -0.15) is 0 Å². The molecule has 0 radical (unpaired) electrons. The maximum atomic E-state index is 12.1. The molecule has 1 aliphatic rings. The third kappa shape index (κ3) is 6.46. The van der Waals surface area contributed by atoms with Crippen LogP contribution in [0.4, 0.5) is 9.59 Å². The number of methoxy groups -OCH3 is 1. The Morgan fingerprint density at radius 2 is 1.77 bits per heavy atom. The number of amides is 3. The monoisotopic (exact) mass is 363 g/mol. The van der Waals surface area contributed by atoms with Crippen LogP contribution in [-0.2, 0) is 11.3 Å². The van der Waals surface area contributed by atoms with Crippen LogP contribution in [0.3, 0.4) is 0 Å². The van der Waals surface area contributed by atoms with E-state index in [-0.39, 0.29) is 18.2 Å². The predicted octanol–water partition coefficient (Wildman–Crippen LogP) is 2.89. The first-order chi connectivity index (χ1) is 12.3. The Balaban J connectivity index is 1.69. The number of nitrogens with zero attached hydrogens (tertiary/aromatic N) is 1. The van der Waals surface area contributed by atoms with Crippen molar-refractivity contribution in [1.29, 1.82) is 0 Å². The molecule has 26 heavy (non-hydrogen) atoms. The number of rotatable bonds is 4. The number of nitrogens with one attached hydrogen (secondary N) is 2. The van der Waals surface area contributed by atoms with Crippen molar-refractivity contribution in [3.05, 3.63) is 29.8 Å². The number of carbonyl (C=O) groups excluding carboxylic acids is 2. The molecule has 144 valence electrons. The molecule has 3 amide bonds. The number of piperidine rings is 1. The van der Waals surface area contributed by atoms with E-state index < -0.39 is 5.60 Å². The molecule has 0 atom stereocenters. The summed E-state index contributed by atoms with van der Waals surface area (Å²) >= 11 is 0. The molecule has 1 aromatic rings. The van der Waals surface area contributed by atoms with Gasteiger partial charge in [0.15, 0.2) is 0 Å². The first-order valence-corrected chi connectivity index (χ1v) is 8.92. The van der Waals surface area contributed by atoms with Crippen LogP contribution in [-0.4, -0.2) is 48.9 Å². The molecule has 1 fully saturated rings. The molecule has 0 spiro atoms. The van der Waals surface area contributed by atoms with Crippen LogP contribution < -0.4 is 15.4 Å². The van der Waals surface area contributed by atoms with Gasteiger partial charge in [-0.25, -0.2) is 9.59 Å². The van der Waals surface area contributed by atoms with Gasteiger partial charge in [0.05, 0.1) is 7.11 Å². The second-order valence-electron chi connectivity index (χ2n) is 7.42. The highest BCUT2D eigenvalue weighted by Crippen LogP contribution is 2.15. The third-order valence-corrected chi connectivity index (χ3v) is 4.09. The summed E-state index contributed by atoms with van der Waals surface area (Å²) in [5, 5.41) is 5.82. The van der Waals surface area contributed by atoms with Crippen molar-refractivity contribution >= 4 is 12.1 Å². The summed E-state index contributed by atoms with van der Waals surface area (Å²) in [6.45, 7) is 7.17. The van der Waals surface area contributed by atoms with E-state index in [2.05, 4.69) is 10.6 Å². The molecule has 0 unspecified atom stereocenters. The van der Waals surface area contributed by atoms with Crippen molar-refractivity contribution in [2.75, 3.05) is 20.2 Å². The fraction of sp³-hybridized carbons (Fsp3) is 0.579. The summed E-state index contributed by atoms with van der Waals surface area (Å²) < 4.78 is 10.5. The van der Waals surface area contributed by atoms with Crippen LogP contribution in [0, 0.1) is 0 Å². The minimum absolute atomic E-state index is 0.0598. The Morgan fingerprint density at radius 3 is 2.31 bits per heavy atom. The summed E-state index contributed by atoms with van der Waals surface area (Å²) in [6, 6.07) is 7.42. The van der Waals surface area contributed by atoms with Gasteiger partial charge in [0.25, 0.3) is 0 Å². The lowest BCUT2D eigenvalue weighted by molar-refractivity contribution is 0.0201. The molecule has 7 heteroatoms. The lowest BCUT2D eigenvalue weighted by Gasteiger charge is -2.33. The van der Waals surface area contributed by atoms with Crippen molar-refractivity contribution in [3.63, 3.8) is 0 Å². The highest BCUT2D eigenvalue weighted by molar-refractivity contribution is 5.74. The zero-order chi connectivity index (χ0) is 19.2. The van der Waals surface area contributed by atoms with Gasteiger partial charge in [-0.15, -0.1) is 0 Å². The van der Waals surface area contributed by atoms with Crippen LogP contribution in [0.5, 0.6) is 5.75 Å². The van der Waals surface area contributed by atoms with Gasteiger partial charge in [0.2, 0.25) is 0 Å². The van der Waals surface area contributed by atoms with Gasteiger partial charge in [-0.3, -0.25) is 0 Å². The molecule has 1 aromatic carbocycles. The maximum Gasteiger partial charge on any atom is 0.410 e. The third-order valence-electron chi connectivity index (χ3n) is 4.09. The van der Waals surface area contributed by atoms with Crippen LogP contribution >= 0.6 is 0 Å².